The summed E-state index contributed by atoms with van der Waals surface area (Å²) in [5.74, 6) is 1.12. The molecule has 0 saturated carbocycles. The minimum Gasteiger partial charge on any atom is -0.337 e. The van der Waals surface area contributed by atoms with Gasteiger partial charge in [0.25, 0.3) is 0 Å². The van der Waals surface area contributed by atoms with E-state index in [4.69, 9.17) is 10.3 Å². The molecule has 0 aliphatic rings. The van der Waals surface area contributed by atoms with Crippen molar-refractivity contribution in [2.45, 2.75) is 46.1 Å². The minimum atomic E-state index is -0.172. The molecule has 5 heteroatoms. The van der Waals surface area contributed by atoms with Crippen molar-refractivity contribution in [2.24, 2.45) is 5.73 Å². The Morgan fingerprint density at radius 1 is 1.30 bits per heavy atom. The van der Waals surface area contributed by atoms with Crippen molar-refractivity contribution < 1.29 is 4.52 Å². The second-order valence-corrected chi connectivity index (χ2v) is 5.92. The molecule has 4 nitrogen and oxygen atoms in total. The fraction of sp³-hybridized carbons (Fsp3) is 0.467. The first-order valence-corrected chi connectivity index (χ1v) is 7.68. The van der Waals surface area contributed by atoms with Gasteiger partial charge < -0.3 is 10.3 Å². The average molecular weight is 338 g/mol. The SMILES string of the molecule is CCCCC(N)c1nc(-c2cc(C)c(Br)c(C)c2)no1. The number of rotatable bonds is 5. The number of nitrogens with zero attached hydrogens (tertiary/aromatic N) is 2. The van der Waals surface area contributed by atoms with Crippen LogP contribution in [-0.4, -0.2) is 10.1 Å². The van der Waals surface area contributed by atoms with Crippen LogP contribution >= 0.6 is 15.9 Å². The Balaban J connectivity index is 2.24. The summed E-state index contributed by atoms with van der Waals surface area (Å²) in [6, 6.07) is 3.92. The van der Waals surface area contributed by atoms with Crippen LogP contribution in [0, 0.1) is 13.8 Å². The van der Waals surface area contributed by atoms with Crippen LogP contribution in [-0.2, 0) is 0 Å². The third kappa shape index (κ3) is 3.27. The van der Waals surface area contributed by atoms with Crippen LogP contribution in [0.15, 0.2) is 21.1 Å². The number of aromatic nitrogens is 2. The fourth-order valence-corrected chi connectivity index (χ4v) is 2.35. The Morgan fingerprint density at radius 3 is 2.55 bits per heavy atom. The third-order valence-corrected chi connectivity index (χ3v) is 4.57. The van der Waals surface area contributed by atoms with Crippen molar-refractivity contribution in [1.29, 1.82) is 0 Å². The van der Waals surface area contributed by atoms with E-state index >= 15 is 0 Å². The van der Waals surface area contributed by atoms with E-state index < -0.39 is 0 Å². The largest absolute Gasteiger partial charge is 0.337 e. The van der Waals surface area contributed by atoms with Gasteiger partial charge in [-0.15, -0.1) is 0 Å². The van der Waals surface area contributed by atoms with Crippen LogP contribution in [0.1, 0.15) is 49.2 Å². The van der Waals surface area contributed by atoms with Gasteiger partial charge in [-0.2, -0.15) is 4.98 Å². The molecule has 1 atom stereocenters. The van der Waals surface area contributed by atoms with Crippen molar-refractivity contribution in [3.63, 3.8) is 0 Å². The standard InChI is InChI=1S/C15H20BrN3O/c1-4-5-6-12(17)15-18-14(19-20-15)11-7-9(2)13(16)10(3)8-11/h7-8,12H,4-6,17H2,1-3H3. The maximum absolute atomic E-state index is 6.05. The summed E-state index contributed by atoms with van der Waals surface area (Å²) in [6.07, 6.45) is 3.05. The topological polar surface area (TPSA) is 64.9 Å². The van der Waals surface area contributed by atoms with Gasteiger partial charge in [0.2, 0.25) is 11.7 Å². The molecule has 1 heterocycles. The number of nitrogens with two attached hydrogens (primary N) is 1. The second-order valence-electron chi connectivity index (χ2n) is 5.13. The molecular formula is C15H20BrN3O. The van der Waals surface area contributed by atoms with Gasteiger partial charge in [0.1, 0.15) is 0 Å². The van der Waals surface area contributed by atoms with Gasteiger partial charge in [-0.3, -0.25) is 0 Å². The second kappa shape index (κ2) is 6.50. The first-order valence-electron chi connectivity index (χ1n) is 6.89. The zero-order valence-corrected chi connectivity index (χ0v) is 13.7. The molecule has 1 aromatic carbocycles. The van der Waals surface area contributed by atoms with Crippen molar-refractivity contribution in [3.05, 3.63) is 33.6 Å². The molecule has 0 fully saturated rings. The van der Waals surface area contributed by atoms with Gasteiger partial charge in [0, 0.05) is 10.0 Å². The Labute approximate surface area is 127 Å². The normalized spacial score (nSPS) is 12.7. The van der Waals surface area contributed by atoms with Crippen molar-refractivity contribution in [1.82, 2.24) is 10.1 Å². The molecule has 0 saturated heterocycles. The van der Waals surface area contributed by atoms with Gasteiger partial charge in [-0.1, -0.05) is 40.9 Å². The number of aryl methyl sites for hydroxylation is 2. The van der Waals surface area contributed by atoms with Gasteiger partial charge in [0.15, 0.2) is 0 Å². The highest BCUT2D eigenvalue weighted by Gasteiger charge is 2.16. The maximum atomic E-state index is 6.05. The third-order valence-electron chi connectivity index (χ3n) is 3.32. The minimum absolute atomic E-state index is 0.172. The first-order chi connectivity index (χ1) is 9.52. The molecule has 2 aromatic rings. The molecule has 0 spiro atoms. The van der Waals surface area contributed by atoms with E-state index in [0.717, 1.165) is 40.4 Å². The number of benzene rings is 1. The van der Waals surface area contributed by atoms with Crippen molar-refractivity contribution in [3.8, 4) is 11.4 Å². The van der Waals surface area contributed by atoms with E-state index in [-0.39, 0.29) is 6.04 Å². The van der Waals surface area contributed by atoms with Gasteiger partial charge in [-0.05, 0) is 43.5 Å². The molecule has 0 aliphatic heterocycles. The van der Waals surface area contributed by atoms with Crippen LogP contribution in [0.5, 0.6) is 0 Å². The zero-order chi connectivity index (χ0) is 14.7. The van der Waals surface area contributed by atoms with Crippen LogP contribution in [0.4, 0.5) is 0 Å². The van der Waals surface area contributed by atoms with Crippen molar-refractivity contribution >= 4 is 15.9 Å². The predicted octanol–water partition coefficient (Wildman–Crippen LogP) is 4.31. The lowest BCUT2D eigenvalue weighted by atomic mass is 10.1. The monoisotopic (exact) mass is 337 g/mol. The van der Waals surface area contributed by atoms with Crippen molar-refractivity contribution in [2.75, 3.05) is 0 Å². The Kier molecular flexibility index (Phi) is 4.94. The highest BCUT2D eigenvalue weighted by Crippen LogP contribution is 2.27. The smallest absolute Gasteiger partial charge is 0.243 e. The van der Waals surface area contributed by atoms with Gasteiger partial charge in [-0.25, -0.2) is 0 Å². The van der Waals surface area contributed by atoms with E-state index in [1.165, 1.54) is 0 Å². The maximum Gasteiger partial charge on any atom is 0.243 e. The molecule has 2 rings (SSSR count). The van der Waals surface area contributed by atoms with Crippen LogP contribution < -0.4 is 5.73 Å². The number of unbranched alkanes of at least 4 members (excludes halogenated alkanes) is 1. The molecule has 2 N–H and O–H groups in total. The Bertz CT molecular complexity index is 572. The Hall–Kier alpha value is -1.20. The predicted molar refractivity (Wildman–Crippen MR) is 83.4 cm³/mol. The van der Waals surface area contributed by atoms with E-state index in [1.54, 1.807) is 0 Å². The summed E-state index contributed by atoms with van der Waals surface area (Å²) < 4.78 is 6.41. The lowest BCUT2D eigenvalue weighted by Crippen LogP contribution is -2.10. The van der Waals surface area contributed by atoms with E-state index in [9.17, 15) is 0 Å². The van der Waals surface area contributed by atoms with E-state index in [2.05, 4.69) is 46.8 Å². The molecule has 20 heavy (non-hydrogen) atoms. The molecule has 0 amide bonds. The fourth-order valence-electron chi connectivity index (χ4n) is 2.13. The lowest BCUT2D eigenvalue weighted by molar-refractivity contribution is 0.346. The summed E-state index contributed by atoms with van der Waals surface area (Å²) in [5, 5.41) is 4.05. The molecule has 1 unspecified atom stereocenters. The Morgan fingerprint density at radius 2 is 1.95 bits per heavy atom. The summed E-state index contributed by atoms with van der Waals surface area (Å²) in [5.41, 5.74) is 9.32. The van der Waals surface area contributed by atoms with Crippen LogP contribution in [0.3, 0.4) is 0 Å². The van der Waals surface area contributed by atoms with E-state index in [1.807, 2.05) is 12.1 Å². The highest BCUT2D eigenvalue weighted by atomic mass is 79.9. The average Bonchev–Trinajstić information content (AvgIpc) is 2.91. The highest BCUT2D eigenvalue weighted by molar-refractivity contribution is 9.10. The van der Waals surface area contributed by atoms with Gasteiger partial charge >= 0.3 is 0 Å². The number of halogens is 1. The molecule has 0 aliphatic carbocycles. The number of hydrogen-bond donors (Lipinski definition) is 1. The van der Waals surface area contributed by atoms with Crippen LogP contribution in [0.2, 0.25) is 0 Å². The first kappa shape index (κ1) is 15.2. The van der Waals surface area contributed by atoms with E-state index in [0.29, 0.717) is 11.7 Å². The van der Waals surface area contributed by atoms with Gasteiger partial charge in [0.05, 0.1) is 6.04 Å². The molecule has 0 bridgehead atoms. The van der Waals surface area contributed by atoms with Crippen LogP contribution in [0.25, 0.3) is 11.4 Å². The molecule has 108 valence electrons. The lowest BCUT2D eigenvalue weighted by Gasteiger charge is -2.05. The summed E-state index contributed by atoms with van der Waals surface area (Å²) in [7, 11) is 0. The zero-order valence-electron chi connectivity index (χ0n) is 12.1. The quantitative estimate of drug-likeness (QED) is 0.882. The molecule has 1 aromatic heterocycles. The molecule has 0 radical (unpaired) electrons. The molecular weight excluding hydrogens is 318 g/mol. The summed E-state index contributed by atoms with van der Waals surface area (Å²) >= 11 is 3.56. The summed E-state index contributed by atoms with van der Waals surface area (Å²) in [6.45, 7) is 6.24. The number of hydrogen-bond acceptors (Lipinski definition) is 4. The summed E-state index contributed by atoms with van der Waals surface area (Å²) in [4.78, 5) is 4.43.